The number of Topliss-reactive ketones (excluding diaryl/α,β-unsaturated/α-hetero) is 1. The average Bonchev–Trinajstić information content (AvgIpc) is 3.14. The molecule has 2 aromatic heterocycles. The summed E-state index contributed by atoms with van der Waals surface area (Å²) in [5.41, 5.74) is 13.9. The minimum Gasteiger partial charge on any atom is -0.397 e. The van der Waals surface area contributed by atoms with Crippen molar-refractivity contribution in [1.82, 2.24) is 4.98 Å². The molecule has 118 valence electrons. The Hall–Kier alpha value is -1.99. The van der Waals surface area contributed by atoms with Crippen LogP contribution in [0.2, 0.25) is 0 Å². The monoisotopic (exact) mass is 345 g/mol. The predicted molar refractivity (Wildman–Crippen MR) is 91.6 cm³/mol. The van der Waals surface area contributed by atoms with Gasteiger partial charge in [0, 0.05) is 22.4 Å². The van der Waals surface area contributed by atoms with Crippen LogP contribution < -0.4 is 11.5 Å². The third-order valence-electron chi connectivity index (χ3n) is 4.33. The minimum atomic E-state index is -0.577. The maximum Gasteiger partial charge on any atom is 0.267 e. The van der Waals surface area contributed by atoms with Crippen molar-refractivity contribution in [2.24, 2.45) is 5.73 Å². The summed E-state index contributed by atoms with van der Waals surface area (Å²) in [4.78, 5) is 29.4. The second-order valence-corrected chi connectivity index (χ2v) is 7.77. The van der Waals surface area contributed by atoms with E-state index in [2.05, 4.69) is 4.98 Å². The zero-order valence-electron chi connectivity index (χ0n) is 12.2. The van der Waals surface area contributed by atoms with Crippen LogP contribution in [0.5, 0.6) is 0 Å². The van der Waals surface area contributed by atoms with Crippen molar-refractivity contribution in [2.75, 3.05) is 5.73 Å². The Balaban J connectivity index is 1.97. The minimum absolute atomic E-state index is 0.184. The van der Waals surface area contributed by atoms with Gasteiger partial charge in [0.05, 0.1) is 16.6 Å². The lowest BCUT2D eigenvalue weighted by molar-refractivity contribution is -0.116. The Kier molecular flexibility index (Phi) is 3.35. The number of nitrogens with one attached hydrogen (secondary N) is 1. The molecule has 1 amide bonds. The molecule has 1 aliphatic carbocycles. The lowest BCUT2D eigenvalue weighted by atomic mass is 9.82. The molecule has 0 saturated heterocycles. The van der Waals surface area contributed by atoms with Crippen molar-refractivity contribution in [1.29, 1.82) is 0 Å². The second-order valence-electron chi connectivity index (χ2n) is 5.68. The van der Waals surface area contributed by atoms with Gasteiger partial charge in [-0.05, 0) is 29.2 Å². The number of hydrogen-bond donors (Lipinski definition) is 3. The number of nitrogen functional groups attached to an aromatic ring is 1. The highest BCUT2D eigenvalue weighted by Crippen LogP contribution is 2.54. The predicted octanol–water partition coefficient (Wildman–Crippen LogP) is 3.00. The van der Waals surface area contributed by atoms with Crippen molar-refractivity contribution >= 4 is 40.5 Å². The van der Waals surface area contributed by atoms with Crippen LogP contribution in [0.4, 0.5) is 5.69 Å². The van der Waals surface area contributed by atoms with E-state index < -0.39 is 5.91 Å². The Morgan fingerprint density at radius 2 is 2.17 bits per heavy atom. The number of rotatable bonds is 2. The van der Waals surface area contributed by atoms with Crippen molar-refractivity contribution in [3.8, 4) is 0 Å². The quantitative estimate of drug-likeness (QED) is 0.778. The molecule has 7 heteroatoms. The highest BCUT2D eigenvalue weighted by atomic mass is 32.2. The standard InChI is InChI=1S/C16H15N3O2S2/c17-13-12-11(8-5-2-6-22-8)10-7(20)3-1-4-9(10)23-16(12)19-14(13)15(18)21/h2,5-6,11,19H,1,3-4,17H2,(H2,18,21). The fraction of sp³-hybridized carbons (Fsp3) is 0.250. The molecule has 2 aromatic rings. The fourth-order valence-corrected chi connectivity index (χ4v) is 5.50. The number of fused-ring (bicyclic) bond motifs is 1. The van der Waals surface area contributed by atoms with E-state index >= 15 is 0 Å². The third-order valence-corrected chi connectivity index (χ3v) is 6.46. The number of nitrogens with two attached hydrogens (primary N) is 2. The molecule has 1 aliphatic heterocycles. The van der Waals surface area contributed by atoms with E-state index in [1.165, 1.54) is 11.8 Å². The first-order valence-corrected chi connectivity index (χ1v) is 9.06. The lowest BCUT2D eigenvalue weighted by Crippen LogP contribution is -2.21. The molecule has 0 bridgehead atoms. The molecule has 2 aliphatic rings. The molecule has 5 nitrogen and oxygen atoms in total. The van der Waals surface area contributed by atoms with Crippen molar-refractivity contribution in [3.05, 3.63) is 44.1 Å². The molecule has 1 unspecified atom stereocenters. The summed E-state index contributed by atoms with van der Waals surface area (Å²) in [7, 11) is 0. The number of aromatic amines is 1. The number of thioether (sulfide) groups is 1. The number of amides is 1. The van der Waals surface area contributed by atoms with E-state index in [1.54, 1.807) is 11.3 Å². The fourth-order valence-electron chi connectivity index (χ4n) is 3.34. The maximum absolute atomic E-state index is 12.6. The molecule has 3 heterocycles. The van der Waals surface area contributed by atoms with Crippen molar-refractivity contribution < 1.29 is 9.59 Å². The highest BCUT2D eigenvalue weighted by molar-refractivity contribution is 8.03. The first-order chi connectivity index (χ1) is 11.1. The van der Waals surface area contributed by atoms with Gasteiger partial charge in [-0.2, -0.15) is 0 Å². The number of hydrogen-bond acceptors (Lipinski definition) is 5. The number of carbonyl (C=O) groups is 2. The average molecular weight is 345 g/mol. The van der Waals surface area contributed by atoms with E-state index in [0.717, 1.165) is 38.8 Å². The van der Waals surface area contributed by atoms with Crippen molar-refractivity contribution in [3.63, 3.8) is 0 Å². The Morgan fingerprint density at radius 3 is 2.87 bits per heavy atom. The van der Waals surface area contributed by atoms with Gasteiger partial charge in [0.15, 0.2) is 5.78 Å². The van der Waals surface area contributed by atoms with Crippen LogP contribution >= 0.6 is 23.1 Å². The summed E-state index contributed by atoms with van der Waals surface area (Å²) in [6.45, 7) is 0. The molecule has 0 saturated carbocycles. The van der Waals surface area contributed by atoms with Gasteiger partial charge in [0.25, 0.3) is 5.91 Å². The number of H-pyrrole nitrogens is 1. The van der Waals surface area contributed by atoms with Crippen LogP contribution in [0.15, 0.2) is 33.0 Å². The third kappa shape index (κ3) is 2.14. The van der Waals surface area contributed by atoms with Gasteiger partial charge >= 0.3 is 0 Å². The van der Waals surface area contributed by atoms with E-state index in [4.69, 9.17) is 11.5 Å². The summed E-state index contributed by atoms with van der Waals surface area (Å²) in [6.07, 6.45) is 2.33. The lowest BCUT2D eigenvalue weighted by Gasteiger charge is -2.30. The molecule has 4 rings (SSSR count). The van der Waals surface area contributed by atoms with Gasteiger partial charge in [-0.1, -0.05) is 17.8 Å². The molecule has 0 radical (unpaired) electrons. The van der Waals surface area contributed by atoms with Gasteiger partial charge in [0.2, 0.25) is 0 Å². The normalized spacial score (nSPS) is 20.3. The van der Waals surface area contributed by atoms with Crippen LogP contribution in [0.25, 0.3) is 0 Å². The van der Waals surface area contributed by atoms with Gasteiger partial charge in [-0.25, -0.2) is 0 Å². The zero-order valence-corrected chi connectivity index (χ0v) is 13.9. The summed E-state index contributed by atoms with van der Waals surface area (Å²) >= 11 is 3.11. The summed E-state index contributed by atoms with van der Waals surface area (Å²) < 4.78 is 0. The van der Waals surface area contributed by atoms with E-state index in [9.17, 15) is 9.59 Å². The number of carbonyl (C=O) groups excluding carboxylic acids is 2. The molecule has 1 atom stereocenters. The SMILES string of the molecule is NC(=O)c1[nH]c2c(c1N)C(c1cccs1)C1=C(CCCC1=O)S2. The van der Waals surface area contributed by atoms with Gasteiger partial charge in [-0.3, -0.25) is 9.59 Å². The topological polar surface area (TPSA) is 102 Å². The van der Waals surface area contributed by atoms with Crippen LogP contribution in [0.3, 0.4) is 0 Å². The highest BCUT2D eigenvalue weighted by Gasteiger charge is 2.39. The Bertz CT molecular complexity index is 849. The number of primary amides is 1. The number of ketones is 1. The molecular formula is C16H15N3O2S2. The van der Waals surface area contributed by atoms with E-state index in [1.807, 2.05) is 17.5 Å². The van der Waals surface area contributed by atoms with Crippen molar-refractivity contribution in [2.45, 2.75) is 30.2 Å². The number of allylic oxidation sites excluding steroid dienone is 2. The van der Waals surface area contributed by atoms with Crippen LogP contribution in [-0.2, 0) is 4.79 Å². The largest absolute Gasteiger partial charge is 0.397 e. The molecular weight excluding hydrogens is 330 g/mol. The molecule has 0 fully saturated rings. The zero-order chi connectivity index (χ0) is 16.1. The van der Waals surface area contributed by atoms with Crippen LogP contribution in [0.1, 0.15) is 46.1 Å². The molecule has 23 heavy (non-hydrogen) atoms. The van der Waals surface area contributed by atoms with Crippen LogP contribution in [0, 0.1) is 0 Å². The molecule has 0 spiro atoms. The Labute approximate surface area is 141 Å². The van der Waals surface area contributed by atoms with Gasteiger partial charge in [-0.15, -0.1) is 11.3 Å². The van der Waals surface area contributed by atoms with E-state index in [-0.39, 0.29) is 17.4 Å². The summed E-state index contributed by atoms with van der Waals surface area (Å²) in [5, 5.41) is 2.82. The summed E-state index contributed by atoms with van der Waals surface area (Å²) in [5.74, 6) is -0.589. The van der Waals surface area contributed by atoms with E-state index in [0.29, 0.717) is 12.1 Å². The second kappa shape index (κ2) is 5.28. The molecule has 5 N–H and O–H groups in total. The number of thiophene rings is 1. The molecule has 0 aromatic carbocycles. The smallest absolute Gasteiger partial charge is 0.267 e. The first-order valence-electron chi connectivity index (χ1n) is 7.36. The first kappa shape index (κ1) is 14.6. The van der Waals surface area contributed by atoms with Gasteiger partial charge < -0.3 is 16.5 Å². The van der Waals surface area contributed by atoms with Gasteiger partial charge in [0.1, 0.15) is 5.69 Å². The number of aromatic nitrogens is 1. The van der Waals surface area contributed by atoms with Crippen LogP contribution in [-0.4, -0.2) is 16.7 Å². The Morgan fingerprint density at radius 1 is 1.35 bits per heavy atom. The number of anilines is 1. The summed E-state index contributed by atoms with van der Waals surface area (Å²) in [6, 6.07) is 3.98. The maximum atomic E-state index is 12.6.